The minimum absolute atomic E-state index is 0.0341. The zero-order chi connectivity index (χ0) is 17.5. The predicted octanol–water partition coefficient (Wildman–Crippen LogP) is 0.972. The lowest BCUT2D eigenvalue weighted by Crippen LogP contribution is -2.52. The van der Waals surface area contributed by atoms with Gasteiger partial charge >= 0.3 is 0 Å². The number of hydrogen-bond donors (Lipinski definition) is 0. The molecule has 25 heavy (non-hydrogen) atoms. The van der Waals surface area contributed by atoms with Gasteiger partial charge in [0.25, 0.3) is 0 Å². The molecule has 0 atom stereocenters. The molecule has 1 aliphatic heterocycles. The van der Waals surface area contributed by atoms with Gasteiger partial charge in [0.05, 0.1) is 6.54 Å². The van der Waals surface area contributed by atoms with Crippen LogP contribution in [-0.4, -0.2) is 62.6 Å². The van der Waals surface area contributed by atoms with Crippen LogP contribution in [0.3, 0.4) is 0 Å². The fourth-order valence-corrected chi connectivity index (χ4v) is 2.97. The molecule has 0 spiro atoms. The molecule has 1 saturated heterocycles. The molecule has 1 aliphatic rings. The van der Waals surface area contributed by atoms with Crippen molar-refractivity contribution in [1.82, 2.24) is 24.6 Å². The molecule has 0 unspecified atom stereocenters. The summed E-state index contributed by atoms with van der Waals surface area (Å²) in [5.41, 5.74) is 1.22. The van der Waals surface area contributed by atoms with Gasteiger partial charge in [-0.1, -0.05) is 30.3 Å². The summed E-state index contributed by atoms with van der Waals surface area (Å²) in [4.78, 5) is 32.0. The van der Waals surface area contributed by atoms with Gasteiger partial charge in [-0.25, -0.2) is 4.98 Å². The maximum atomic E-state index is 12.3. The fourth-order valence-electron chi connectivity index (χ4n) is 2.97. The number of nitrogens with zero attached hydrogens (tertiary/aromatic N) is 5. The van der Waals surface area contributed by atoms with Crippen LogP contribution in [0.1, 0.15) is 18.4 Å². The van der Waals surface area contributed by atoms with E-state index in [0.29, 0.717) is 39.0 Å². The van der Waals surface area contributed by atoms with Crippen LogP contribution in [0.2, 0.25) is 0 Å². The molecule has 0 bridgehead atoms. The molecule has 132 valence electrons. The van der Waals surface area contributed by atoms with Crippen molar-refractivity contribution < 1.29 is 9.59 Å². The Bertz CT molecular complexity index is 687. The Balaban J connectivity index is 1.40. The molecule has 1 fully saturated rings. The van der Waals surface area contributed by atoms with Gasteiger partial charge in [-0.15, -0.1) is 0 Å². The van der Waals surface area contributed by atoms with Gasteiger partial charge in [-0.2, -0.15) is 5.10 Å². The molecule has 7 nitrogen and oxygen atoms in total. The summed E-state index contributed by atoms with van der Waals surface area (Å²) in [7, 11) is 0. The molecule has 2 aromatic rings. The molecular weight excluding hydrogens is 318 g/mol. The zero-order valence-electron chi connectivity index (χ0n) is 14.3. The topological polar surface area (TPSA) is 71.3 Å². The van der Waals surface area contributed by atoms with Crippen LogP contribution in [-0.2, 0) is 22.6 Å². The largest absolute Gasteiger partial charge is 0.339 e. The van der Waals surface area contributed by atoms with E-state index in [4.69, 9.17) is 0 Å². The van der Waals surface area contributed by atoms with E-state index in [2.05, 4.69) is 22.2 Å². The van der Waals surface area contributed by atoms with Gasteiger partial charge in [0, 0.05) is 32.6 Å². The number of rotatable bonds is 7. The summed E-state index contributed by atoms with van der Waals surface area (Å²) in [6, 6.07) is 10.1. The van der Waals surface area contributed by atoms with Crippen LogP contribution in [0.25, 0.3) is 0 Å². The summed E-state index contributed by atoms with van der Waals surface area (Å²) >= 11 is 0. The summed E-state index contributed by atoms with van der Waals surface area (Å²) < 4.78 is 1.71. The Morgan fingerprint density at radius 2 is 1.96 bits per heavy atom. The summed E-state index contributed by atoms with van der Waals surface area (Å²) in [6.07, 6.45) is 5.09. The van der Waals surface area contributed by atoms with Crippen LogP contribution >= 0.6 is 0 Å². The van der Waals surface area contributed by atoms with Crippen molar-refractivity contribution in [2.45, 2.75) is 25.8 Å². The van der Waals surface area contributed by atoms with E-state index in [9.17, 15) is 9.59 Å². The van der Waals surface area contributed by atoms with E-state index < -0.39 is 0 Å². The second-order valence-corrected chi connectivity index (χ2v) is 6.19. The lowest BCUT2D eigenvalue weighted by atomic mass is 10.1. The van der Waals surface area contributed by atoms with Crippen LogP contribution in [0.15, 0.2) is 43.0 Å². The molecule has 1 aromatic carbocycles. The molecule has 3 rings (SSSR count). The van der Waals surface area contributed by atoms with Crippen molar-refractivity contribution in [3.63, 3.8) is 0 Å². The third-order valence-corrected chi connectivity index (χ3v) is 4.43. The van der Waals surface area contributed by atoms with Gasteiger partial charge in [0.2, 0.25) is 11.8 Å². The molecule has 7 heteroatoms. The first kappa shape index (κ1) is 17.1. The predicted molar refractivity (Wildman–Crippen MR) is 92.6 cm³/mol. The van der Waals surface area contributed by atoms with Gasteiger partial charge in [-0.05, 0) is 18.4 Å². The first-order chi connectivity index (χ1) is 12.2. The van der Waals surface area contributed by atoms with Crippen LogP contribution in [0, 0.1) is 0 Å². The highest BCUT2D eigenvalue weighted by molar-refractivity contribution is 5.86. The smallest absolute Gasteiger partial charge is 0.242 e. The van der Waals surface area contributed by atoms with Crippen LogP contribution in [0.4, 0.5) is 0 Å². The second-order valence-electron chi connectivity index (χ2n) is 6.19. The maximum Gasteiger partial charge on any atom is 0.242 e. The SMILES string of the molecule is O=C1CN(C(=O)CCCn2cncn2)CCN1CCc1ccccc1. The fraction of sp³-hybridized carbons (Fsp3) is 0.444. The van der Waals surface area contributed by atoms with Gasteiger partial charge in [-0.3, -0.25) is 14.3 Å². The summed E-state index contributed by atoms with van der Waals surface area (Å²) in [5.74, 6) is 0.0722. The average molecular weight is 341 g/mol. The number of hydrogen-bond acceptors (Lipinski definition) is 4. The number of aryl methyl sites for hydroxylation is 1. The Hall–Kier alpha value is -2.70. The maximum absolute atomic E-state index is 12.3. The quantitative estimate of drug-likeness (QED) is 0.752. The van der Waals surface area contributed by atoms with E-state index in [-0.39, 0.29) is 18.4 Å². The Morgan fingerprint density at radius 1 is 1.12 bits per heavy atom. The lowest BCUT2D eigenvalue weighted by molar-refractivity contribution is -0.145. The van der Waals surface area contributed by atoms with Crippen molar-refractivity contribution in [1.29, 1.82) is 0 Å². The summed E-state index contributed by atoms with van der Waals surface area (Å²) in [6.45, 7) is 2.79. The molecular formula is C18H23N5O2. The minimum atomic E-state index is 0.0341. The summed E-state index contributed by atoms with van der Waals surface area (Å²) in [5, 5.41) is 4.01. The van der Waals surface area contributed by atoms with Crippen LogP contribution in [0.5, 0.6) is 0 Å². The Kier molecular flexibility index (Phi) is 5.77. The monoisotopic (exact) mass is 341 g/mol. The average Bonchev–Trinajstić information content (AvgIpc) is 3.15. The highest BCUT2D eigenvalue weighted by Crippen LogP contribution is 2.09. The zero-order valence-corrected chi connectivity index (χ0v) is 14.3. The second kappa shape index (κ2) is 8.41. The Morgan fingerprint density at radius 3 is 2.68 bits per heavy atom. The first-order valence-corrected chi connectivity index (χ1v) is 8.64. The van der Waals surface area contributed by atoms with Crippen molar-refractivity contribution in [2.75, 3.05) is 26.2 Å². The van der Waals surface area contributed by atoms with E-state index >= 15 is 0 Å². The molecule has 2 amide bonds. The number of benzene rings is 1. The van der Waals surface area contributed by atoms with Crippen molar-refractivity contribution in [3.8, 4) is 0 Å². The normalized spacial score (nSPS) is 14.8. The number of piperazine rings is 1. The Labute approximate surface area is 147 Å². The number of carbonyl (C=O) groups excluding carboxylic acids is 2. The van der Waals surface area contributed by atoms with E-state index in [1.165, 1.54) is 11.9 Å². The third-order valence-electron chi connectivity index (χ3n) is 4.43. The minimum Gasteiger partial charge on any atom is -0.339 e. The van der Waals surface area contributed by atoms with E-state index in [0.717, 1.165) is 6.42 Å². The standard InChI is InChI=1S/C18H23N5O2/c24-17(7-4-9-23-15-19-14-20-23)22-12-11-21(18(25)13-22)10-8-16-5-2-1-3-6-16/h1-3,5-6,14-15H,4,7-13H2. The third kappa shape index (κ3) is 4.89. The van der Waals surface area contributed by atoms with Gasteiger partial charge in [0.15, 0.2) is 0 Å². The van der Waals surface area contributed by atoms with E-state index in [1.807, 2.05) is 23.1 Å². The first-order valence-electron chi connectivity index (χ1n) is 8.64. The molecule has 0 N–H and O–H groups in total. The molecule has 0 saturated carbocycles. The molecule has 2 heterocycles. The van der Waals surface area contributed by atoms with Crippen molar-refractivity contribution in [3.05, 3.63) is 48.5 Å². The van der Waals surface area contributed by atoms with Gasteiger partial charge < -0.3 is 9.80 Å². The van der Waals surface area contributed by atoms with Crippen molar-refractivity contribution in [2.24, 2.45) is 0 Å². The highest BCUT2D eigenvalue weighted by atomic mass is 16.2. The van der Waals surface area contributed by atoms with Gasteiger partial charge in [0.1, 0.15) is 12.7 Å². The number of aromatic nitrogens is 3. The number of amides is 2. The van der Waals surface area contributed by atoms with Crippen LogP contribution < -0.4 is 0 Å². The molecule has 1 aromatic heterocycles. The molecule has 0 aliphatic carbocycles. The number of carbonyl (C=O) groups is 2. The highest BCUT2D eigenvalue weighted by Gasteiger charge is 2.26. The van der Waals surface area contributed by atoms with E-state index in [1.54, 1.807) is 15.9 Å². The lowest BCUT2D eigenvalue weighted by Gasteiger charge is -2.34. The van der Waals surface area contributed by atoms with Crippen molar-refractivity contribution >= 4 is 11.8 Å². The molecule has 0 radical (unpaired) electrons.